The minimum Gasteiger partial charge on any atom is -0.394 e. The summed E-state index contributed by atoms with van der Waals surface area (Å²) in [5.74, 6) is -0.626. The van der Waals surface area contributed by atoms with Crippen LogP contribution in [0.3, 0.4) is 0 Å². The van der Waals surface area contributed by atoms with Crippen LogP contribution in [0.1, 0.15) is 5.56 Å². The second-order valence-electron chi connectivity index (χ2n) is 5.69. The van der Waals surface area contributed by atoms with Gasteiger partial charge in [-0.25, -0.2) is 4.79 Å². The molecule has 2 amide bonds. The van der Waals surface area contributed by atoms with Crippen molar-refractivity contribution in [1.82, 2.24) is 19.4 Å². The lowest BCUT2D eigenvalue weighted by Gasteiger charge is -2.35. The zero-order chi connectivity index (χ0) is 17.9. The van der Waals surface area contributed by atoms with Crippen LogP contribution in [0.15, 0.2) is 15.8 Å². The van der Waals surface area contributed by atoms with Crippen molar-refractivity contribution in [1.29, 1.82) is 0 Å². The summed E-state index contributed by atoms with van der Waals surface area (Å²) in [5.41, 5.74) is 4.73. The summed E-state index contributed by atoms with van der Waals surface area (Å²) < 4.78 is 1.15. The molecule has 0 aliphatic carbocycles. The van der Waals surface area contributed by atoms with Gasteiger partial charge in [0.25, 0.3) is 5.56 Å². The van der Waals surface area contributed by atoms with Crippen molar-refractivity contribution in [3.05, 3.63) is 32.6 Å². The number of hydrogen-bond donors (Lipinski definition) is 3. The van der Waals surface area contributed by atoms with Gasteiger partial charge in [-0.05, 0) is 6.92 Å². The first-order valence-electron chi connectivity index (χ1n) is 7.57. The number of H-pyrrole nitrogens is 1. The van der Waals surface area contributed by atoms with Crippen LogP contribution in [0.4, 0.5) is 0 Å². The number of rotatable bonds is 4. The van der Waals surface area contributed by atoms with E-state index in [1.54, 1.807) is 11.8 Å². The van der Waals surface area contributed by atoms with E-state index in [-0.39, 0.29) is 18.4 Å². The Labute approximate surface area is 137 Å². The highest BCUT2D eigenvalue weighted by atomic mass is 16.3. The van der Waals surface area contributed by atoms with Crippen LogP contribution >= 0.6 is 0 Å². The van der Waals surface area contributed by atoms with Gasteiger partial charge in [0.1, 0.15) is 12.6 Å². The van der Waals surface area contributed by atoms with Crippen molar-refractivity contribution >= 4 is 11.8 Å². The zero-order valence-electron chi connectivity index (χ0n) is 13.4. The first-order chi connectivity index (χ1) is 11.3. The second kappa shape index (κ2) is 7.41. The van der Waals surface area contributed by atoms with E-state index in [0.717, 1.165) is 4.57 Å². The highest BCUT2D eigenvalue weighted by Gasteiger charge is 2.27. The Morgan fingerprint density at radius 1 is 1.25 bits per heavy atom. The van der Waals surface area contributed by atoms with E-state index in [1.165, 1.54) is 11.1 Å². The number of aliphatic hydroxyl groups is 1. The molecule has 0 radical (unpaired) electrons. The number of nitrogens with one attached hydrogen (secondary N) is 1. The van der Waals surface area contributed by atoms with Gasteiger partial charge >= 0.3 is 5.69 Å². The molecule has 1 atom stereocenters. The van der Waals surface area contributed by atoms with Crippen LogP contribution in [0.25, 0.3) is 0 Å². The van der Waals surface area contributed by atoms with Gasteiger partial charge in [0, 0.05) is 37.9 Å². The fourth-order valence-electron chi connectivity index (χ4n) is 2.47. The molecule has 0 spiro atoms. The minimum atomic E-state index is -0.949. The summed E-state index contributed by atoms with van der Waals surface area (Å²) >= 11 is 0. The molecule has 4 N–H and O–H groups in total. The molecule has 1 aromatic heterocycles. The maximum absolute atomic E-state index is 12.3. The van der Waals surface area contributed by atoms with E-state index in [1.807, 2.05) is 0 Å². The topological polar surface area (TPSA) is 142 Å². The van der Waals surface area contributed by atoms with Crippen LogP contribution in [-0.2, 0) is 16.1 Å². The molecule has 0 bridgehead atoms. The van der Waals surface area contributed by atoms with Crippen molar-refractivity contribution in [2.24, 2.45) is 5.73 Å². The molecule has 10 nitrogen and oxygen atoms in total. The van der Waals surface area contributed by atoms with Crippen LogP contribution in [0.5, 0.6) is 0 Å². The third-order valence-corrected chi connectivity index (χ3v) is 3.95. The summed E-state index contributed by atoms with van der Waals surface area (Å²) in [5, 5.41) is 8.91. The quantitative estimate of drug-likeness (QED) is 0.528. The molecule has 2 heterocycles. The lowest BCUT2D eigenvalue weighted by atomic mass is 10.2. The minimum absolute atomic E-state index is 0.180. The number of carbonyl (C=O) groups excluding carboxylic acids is 2. The molecule has 0 aromatic carbocycles. The summed E-state index contributed by atoms with van der Waals surface area (Å²) in [6, 6.07) is -0.949. The Hall–Kier alpha value is -2.46. The maximum atomic E-state index is 12.3. The van der Waals surface area contributed by atoms with Gasteiger partial charge in [-0.15, -0.1) is 0 Å². The van der Waals surface area contributed by atoms with Crippen molar-refractivity contribution in [3.63, 3.8) is 0 Å². The van der Waals surface area contributed by atoms with E-state index < -0.39 is 23.9 Å². The summed E-state index contributed by atoms with van der Waals surface area (Å²) in [4.78, 5) is 52.4. The summed E-state index contributed by atoms with van der Waals surface area (Å²) in [7, 11) is 0. The smallest absolute Gasteiger partial charge is 0.328 e. The van der Waals surface area contributed by atoms with Gasteiger partial charge in [0.15, 0.2) is 0 Å². The van der Waals surface area contributed by atoms with E-state index >= 15 is 0 Å². The molecule has 132 valence electrons. The van der Waals surface area contributed by atoms with Crippen LogP contribution in [-0.4, -0.2) is 75.1 Å². The number of carbonyl (C=O) groups is 2. The standard InChI is InChI=1S/C14H21N5O5/c1-9-6-19(14(24)16-12(9)22)7-11(21)17-2-4-18(5-3-17)13(23)10(15)8-20/h6,10,20H,2-5,7-8,15H2,1H3,(H,16,22,24)/t10-/m0/s1. The molecule has 24 heavy (non-hydrogen) atoms. The first kappa shape index (κ1) is 17.9. The number of aryl methyl sites for hydroxylation is 1. The predicted octanol–water partition coefficient (Wildman–Crippen LogP) is -3.16. The molecule has 0 saturated carbocycles. The van der Waals surface area contributed by atoms with Crippen LogP contribution in [0, 0.1) is 6.92 Å². The highest BCUT2D eigenvalue weighted by molar-refractivity contribution is 5.82. The number of aromatic amines is 1. The van der Waals surface area contributed by atoms with Crippen molar-refractivity contribution in [3.8, 4) is 0 Å². The number of aromatic nitrogens is 2. The highest BCUT2D eigenvalue weighted by Crippen LogP contribution is 2.05. The average Bonchev–Trinajstić information content (AvgIpc) is 2.58. The molecule has 2 rings (SSSR count). The number of nitrogens with two attached hydrogens (primary N) is 1. The van der Waals surface area contributed by atoms with Crippen LogP contribution in [0.2, 0.25) is 0 Å². The Kier molecular flexibility index (Phi) is 5.52. The molecular formula is C14H21N5O5. The number of piperazine rings is 1. The van der Waals surface area contributed by atoms with Gasteiger partial charge in [-0.1, -0.05) is 0 Å². The SMILES string of the molecule is Cc1cn(CC(=O)N2CCN(C(=O)[C@@H](N)CO)CC2)c(=O)[nH]c1=O. The molecule has 1 aliphatic heterocycles. The van der Waals surface area contributed by atoms with Crippen molar-refractivity contribution < 1.29 is 14.7 Å². The van der Waals surface area contributed by atoms with E-state index in [2.05, 4.69) is 4.98 Å². The number of nitrogens with zero attached hydrogens (tertiary/aromatic N) is 3. The molecule has 1 saturated heterocycles. The van der Waals surface area contributed by atoms with E-state index in [0.29, 0.717) is 31.7 Å². The fourth-order valence-corrected chi connectivity index (χ4v) is 2.47. The molecule has 10 heteroatoms. The predicted molar refractivity (Wildman–Crippen MR) is 84.3 cm³/mol. The van der Waals surface area contributed by atoms with E-state index in [4.69, 9.17) is 10.8 Å². The lowest BCUT2D eigenvalue weighted by molar-refractivity contribution is -0.141. The van der Waals surface area contributed by atoms with Crippen molar-refractivity contribution in [2.45, 2.75) is 19.5 Å². The van der Waals surface area contributed by atoms with Crippen molar-refractivity contribution in [2.75, 3.05) is 32.8 Å². The largest absolute Gasteiger partial charge is 0.394 e. The fraction of sp³-hybridized carbons (Fsp3) is 0.571. The second-order valence-corrected chi connectivity index (χ2v) is 5.69. The number of amides is 2. The monoisotopic (exact) mass is 339 g/mol. The maximum Gasteiger partial charge on any atom is 0.328 e. The van der Waals surface area contributed by atoms with E-state index in [9.17, 15) is 19.2 Å². The van der Waals surface area contributed by atoms with Gasteiger partial charge in [-0.3, -0.25) is 23.9 Å². The van der Waals surface area contributed by atoms with Gasteiger partial charge in [0.05, 0.1) is 6.61 Å². The molecule has 0 unspecified atom stereocenters. The summed E-state index contributed by atoms with van der Waals surface area (Å²) in [6.07, 6.45) is 1.35. The number of hydrogen-bond acceptors (Lipinski definition) is 6. The van der Waals surface area contributed by atoms with Gasteiger partial charge in [-0.2, -0.15) is 0 Å². The zero-order valence-corrected chi connectivity index (χ0v) is 13.4. The third kappa shape index (κ3) is 3.89. The molecule has 1 aliphatic rings. The molecular weight excluding hydrogens is 318 g/mol. The Bertz CT molecular complexity index is 732. The Balaban J connectivity index is 1.96. The average molecular weight is 339 g/mol. The Morgan fingerprint density at radius 2 is 1.83 bits per heavy atom. The first-order valence-corrected chi connectivity index (χ1v) is 7.57. The Morgan fingerprint density at radius 3 is 2.42 bits per heavy atom. The van der Waals surface area contributed by atoms with Crippen LogP contribution < -0.4 is 17.0 Å². The number of aliphatic hydroxyl groups excluding tert-OH is 1. The third-order valence-electron chi connectivity index (χ3n) is 3.95. The van der Waals surface area contributed by atoms with Gasteiger partial charge < -0.3 is 20.6 Å². The molecule has 1 fully saturated rings. The van der Waals surface area contributed by atoms with Gasteiger partial charge in [0.2, 0.25) is 11.8 Å². The normalized spacial score (nSPS) is 16.1. The summed E-state index contributed by atoms with van der Waals surface area (Å²) in [6.45, 7) is 2.22. The molecule has 1 aromatic rings. The lowest BCUT2D eigenvalue weighted by Crippen LogP contribution is -2.55.